The van der Waals surface area contributed by atoms with Crippen LogP contribution in [0.2, 0.25) is 0 Å². The Kier molecular flexibility index (Phi) is 4.91. The highest BCUT2D eigenvalue weighted by molar-refractivity contribution is 5.76. The van der Waals surface area contributed by atoms with E-state index in [1.54, 1.807) is 18.2 Å². The molecule has 4 heteroatoms. The summed E-state index contributed by atoms with van der Waals surface area (Å²) in [5.74, 6) is 0.203. The molecule has 2 N–H and O–H groups in total. The van der Waals surface area contributed by atoms with E-state index in [-0.39, 0.29) is 17.8 Å². The van der Waals surface area contributed by atoms with Crippen LogP contribution in [0.3, 0.4) is 0 Å². The first-order valence-electron chi connectivity index (χ1n) is 6.91. The Balaban J connectivity index is 1.86. The minimum Gasteiger partial charge on any atom is -0.349 e. The minimum atomic E-state index is -0.282. The van der Waals surface area contributed by atoms with Gasteiger partial charge in [-0.25, -0.2) is 4.39 Å². The molecule has 19 heavy (non-hydrogen) atoms. The third-order valence-electron chi connectivity index (χ3n) is 3.68. The lowest BCUT2D eigenvalue weighted by Crippen LogP contribution is -2.33. The molecule has 0 radical (unpaired) electrons. The van der Waals surface area contributed by atoms with Gasteiger partial charge >= 0.3 is 0 Å². The highest BCUT2D eigenvalue weighted by Gasteiger charge is 2.19. The Hall–Kier alpha value is -1.42. The van der Waals surface area contributed by atoms with Crippen LogP contribution in [0.15, 0.2) is 24.3 Å². The van der Waals surface area contributed by atoms with E-state index in [4.69, 9.17) is 0 Å². The molecule has 0 aliphatic carbocycles. The molecule has 1 aliphatic rings. The molecular formula is C15H21FN2O. The number of carbonyl (C=O) groups excluding carboxylic acids is 1. The maximum absolute atomic E-state index is 13.6. The number of rotatable bonds is 4. The zero-order valence-corrected chi connectivity index (χ0v) is 11.3. The van der Waals surface area contributed by atoms with Crippen LogP contribution in [0.4, 0.5) is 4.39 Å². The summed E-state index contributed by atoms with van der Waals surface area (Å²) in [6.45, 7) is 3.79. The van der Waals surface area contributed by atoms with E-state index < -0.39 is 0 Å². The van der Waals surface area contributed by atoms with Crippen LogP contribution in [0.25, 0.3) is 0 Å². The fourth-order valence-corrected chi connectivity index (χ4v) is 2.55. The summed E-state index contributed by atoms with van der Waals surface area (Å²) in [5, 5.41) is 6.17. The van der Waals surface area contributed by atoms with Crippen LogP contribution in [-0.2, 0) is 4.79 Å². The molecule has 1 aliphatic heterocycles. The molecule has 104 valence electrons. The molecule has 1 amide bonds. The van der Waals surface area contributed by atoms with Crippen molar-refractivity contribution in [3.05, 3.63) is 35.6 Å². The third-order valence-corrected chi connectivity index (χ3v) is 3.68. The smallest absolute Gasteiger partial charge is 0.220 e. The van der Waals surface area contributed by atoms with Gasteiger partial charge in [0.25, 0.3) is 0 Å². The van der Waals surface area contributed by atoms with Gasteiger partial charge in [0.2, 0.25) is 5.91 Å². The Morgan fingerprint density at radius 3 is 2.79 bits per heavy atom. The molecule has 1 aromatic rings. The molecule has 1 saturated heterocycles. The molecule has 0 bridgehead atoms. The monoisotopic (exact) mass is 264 g/mol. The van der Waals surface area contributed by atoms with E-state index >= 15 is 0 Å². The summed E-state index contributed by atoms with van der Waals surface area (Å²) in [6.07, 6.45) is 2.63. The number of carbonyl (C=O) groups is 1. The van der Waals surface area contributed by atoms with Crippen LogP contribution in [0, 0.1) is 11.7 Å². The van der Waals surface area contributed by atoms with Crippen molar-refractivity contribution in [1.29, 1.82) is 0 Å². The molecular weight excluding hydrogens is 243 g/mol. The van der Waals surface area contributed by atoms with Crippen molar-refractivity contribution in [3.8, 4) is 0 Å². The summed E-state index contributed by atoms with van der Waals surface area (Å²) >= 11 is 0. The number of halogens is 1. The van der Waals surface area contributed by atoms with Crippen LogP contribution < -0.4 is 10.6 Å². The molecule has 1 atom stereocenters. The zero-order chi connectivity index (χ0) is 13.7. The molecule has 0 saturated carbocycles. The van der Waals surface area contributed by atoms with Gasteiger partial charge in [-0.15, -0.1) is 0 Å². The molecule has 2 rings (SSSR count). The average Bonchev–Trinajstić information content (AvgIpc) is 2.40. The van der Waals surface area contributed by atoms with Crippen molar-refractivity contribution in [2.24, 2.45) is 5.92 Å². The molecule has 1 aromatic carbocycles. The van der Waals surface area contributed by atoms with Crippen LogP contribution in [-0.4, -0.2) is 19.0 Å². The van der Waals surface area contributed by atoms with E-state index in [1.165, 1.54) is 6.07 Å². The molecule has 1 fully saturated rings. The fraction of sp³-hybridized carbons (Fsp3) is 0.533. The molecule has 0 aromatic heterocycles. The highest BCUT2D eigenvalue weighted by atomic mass is 19.1. The second-order valence-corrected chi connectivity index (χ2v) is 5.21. The lowest BCUT2D eigenvalue weighted by molar-refractivity contribution is -0.122. The van der Waals surface area contributed by atoms with Gasteiger partial charge in [-0.1, -0.05) is 18.2 Å². The van der Waals surface area contributed by atoms with E-state index in [2.05, 4.69) is 10.6 Å². The average molecular weight is 264 g/mol. The van der Waals surface area contributed by atoms with Gasteiger partial charge in [-0.3, -0.25) is 4.79 Å². The van der Waals surface area contributed by atoms with Gasteiger partial charge in [-0.2, -0.15) is 0 Å². The van der Waals surface area contributed by atoms with Crippen LogP contribution in [0.1, 0.15) is 37.8 Å². The van der Waals surface area contributed by atoms with Crippen molar-refractivity contribution < 1.29 is 9.18 Å². The second-order valence-electron chi connectivity index (χ2n) is 5.21. The maximum Gasteiger partial charge on any atom is 0.220 e. The Labute approximate surface area is 113 Å². The van der Waals surface area contributed by atoms with Gasteiger partial charge < -0.3 is 10.6 Å². The van der Waals surface area contributed by atoms with Gasteiger partial charge in [0.1, 0.15) is 5.82 Å². The standard InChI is InChI=1S/C15H21FN2O/c1-11(13-4-2-3-5-14(13)16)18-15(19)10-12-6-8-17-9-7-12/h2-5,11-12,17H,6-10H2,1H3,(H,18,19)/t11-/m1/s1. The van der Waals surface area contributed by atoms with Crippen LogP contribution >= 0.6 is 0 Å². The van der Waals surface area contributed by atoms with Gasteiger partial charge in [0.15, 0.2) is 0 Å². The number of hydrogen-bond donors (Lipinski definition) is 2. The fourth-order valence-electron chi connectivity index (χ4n) is 2.55. The summed E-state index contributed by atoms with van der Waals surface area (Å²) in [5.41, 5.74) is 0.543. The van der Waals surface area contributed by atoms with Crippen molar-refractivity contribution in [2.45, 2.75) is 32.2 Å². The lowest BCUT2D eigenvalue weighted by Gasteiger charge is -2.23. The first-order valence-corrected chi connectivity index (χ1v) is 6.91. The van der Waals surface area contributed by atoms with E-state index in [0.29, 0.717) is 17.9 Å². The summed E-state index contributed by atoms with van der Waals surface area (Å²) < 4.78 is 13.6. The first-order chi connectivity index (χ1) is 9.16. The normalized spacial score (nSPS) is 18.0. The number of hydrogen-bond acceptors (Lipinski definition) is 2. The van der Waals surface area contributed by atoms with Gasteiger partial charge in [0, 0.05) is 12.0 Å². The third kappa shape index (κ3) is 4.03. The number of benzene rings is 1. The lowest BCUT2D eigenvalue weighted by atomic mass is 9.94. The Morgan fingerprint density at radius 1 is 1.42 bits per heavy atom. The van der Waals surface area contributed by atoms with Crippen molar-refractivity contribution in [1.82, 2.24) is 10.6 Å². The number of amides is 1. The van der Waals surface area contributed by atoms with Crippen molar-refractivity contribution in [2.75, 3.05) is 13.1 Å². The predicted molar refractivity (Wildman–Crippen MR) is 73.2 cm³/mol. The van der Waals surface area contributed by atoms with E-state index in [1.807, 2.05) is 6.92 Å². The summed E-state index contributed by atoms with van der Waals surface area (Å²) in [7, 11) is 0. The first kappa shape index (κ1) is 14.0. The van der Waals surface area contributed by atoms with E-state index in [9.17, 15) is 9.18 Å². The zero-order valence-electron chi connectivity index (χ0n) is 11.3. The Bertz CT molecular complexity index is 430. The highest BCUT2D eigenvalue weighted by Crippen LogP contribution is 2.19. The summed E-state index contributed by atoms with van der Waals surface area (Å²) in [6, 6.07) is 6.29. The van der Waals surface area contributed by atoms with Crippen LogP contribution in [0.5, 0.6) is 0 Å². The van der Waals surface area contributed by atoms with Crippen molar-refractivity contribution >= 4 is 5.91 Å². The molecule has 0 spiro atoms. The SMILES string of the molecule is C[C@@H](NC(=O)CC1CCNCC1)c1ccccc1F. The second kappa shape index (κ2) is 6.66. The topological polar surface area (TPSA) is 41.1 Å². The largest absolute Gasteiger partial charge is 0.349 e. The molecule has 1 heterocycles. The maximum atomic E-state index is 13.6. The minimum absolute atomic E-state index is 0.0163. The predicted octanol–water partition coefficient (Wildman–Crippen LogP) is 2.39. The molecule has 3 nitrogen and oxygen atoms in total. The quantitative estimate of drug-likeness (QED) is 0.876. The number of piperidine rings is 1. The van der Waals surface area contributed by atoms with E-state index in [0.717, 1.165) is 25.9 Å². The molecule has 0 unspecified atom stereocenters. The summed E-state index contributed by atoms with van der Waals surface area (Å²) in [4.78, 5) is 12.0. The van der Waals surface area contributed by atoms with Crippen molar-refractivity contribution in [3.63, 3.8) is 0 Å². The number of nitrogens with one attached hydrogen (secondary N) is 2. The van der Waals surface area contributed by atoms with Gasteiger partial charge in [0.05, 0.1) is 6.04 Å². The Morgan fingerprint density at radius 2 is 2.11 bits per heavy atom. The van der Waals surface area contributed by atoms with Gasteiger partial charge in [-0.05, 0) is 44.8 Å².